The highest BCUT2D eigenvalue weighted by Gasteiger charge is 2.32. The molecule has 0 radical (unpaired) electrons. The van der Waals surface area contributed by atoms with Crippen LogP contribution >= 0.6 is 0 Å². The van der Waals surface area contributed by atoms with E-state index in [2.05, 4.69) is 15.3 Å². The summed E-state index contributed by atoms with van der Waals surface area (Å²) in [6.07, 6.45) is 1.35. The molecule has 0 aliphatic carbocycles. The van der Waals surface area contributed by atoms with Crippen molar-refractivity contribution in [3.05, 3.63) is 29.8 Å². The van der Waals surface area contributed by atoms with Gasteiger partial charge in [0.2, 0.25) is 5.91 Å². The third-order valence-corrected chi connectivity index (χ3v) is 4.50. The van der Waals surface area contributed by atoms with Gasteiger partial charge in [0.1, 0.15) is 17.7 Å². The molecule has 3 amide bonds. The number of fused-ring (bicyclic) bond motifs is 1. The van der Waals surface area contributed by atoms with Crippen molar-refractivity contribution in [1.82, 2.24) is 25.1 Å². The number of aryl methyl sites for hydroxylation is 1. The van der Waals surface area contributed by atoms with Crippen LogP contribution in [-0.2, 0) is 11.2 Å². The van der Waals surface area contributed by atoms with Gasteiger partial charge in [-0.25, -0.2) is 14.2 Å². The number of aromatic nitrogens is 2. The molecule has 25 heavy (non-hydrogen) atoms. The Kier molecular flexibility index (Phi) is 4.87. The number of amides is 3. The number of halogens is 1. The van der Waals surface area contributed by atoms with Crippen LogP contribution in [-0.4, -0.2) is 64.4 Å². The van der Waals surface area contributed by atoms with E-state index < -0.39 is 6.04 Å². The summed E-state index contributed by atoms with van der Waals surface area (Å²) in [7, 11) is 1.74. The van der Waals surface area contributed by atoms with Gasteiger partial charge in [-0.05, 0) is 31.5 Å². The minimum atomic E-state index is -0.441. The molecule has 1 aliphatic heterocycles. The van der Waals surface area contributed by atoms with E-state index in [1.165, 1.54) is 12.1 Å². The van der Waals surface area contributed by atoms with Crippen LogP contribution in [0.4, 0.5) is 9.18 Å². The number of nitrogens with one attached hydrogen (secondary N) is 2. The van der Waals surface area contributed by atoms with Crippen LogP contribution in [0, 0.1) is 5.82 Å². The predicted molar refractivity (Wildman–Crippen MR) is 91.6 cm³/mol. The second-order valence-electron chi connectivity index (χ2n) is 6.31. The molecule has 1 aliphatic rings. The summed E-state index contributed by atoms with van der Waals surface area (Å²) in [5.74, 6) is 0.416. The van der Waals surface area contributed by atoms with E-state index in [-0.39, 0.29) is 17.8 Å². The molecule has 2 heterocycles. The zero-order valence-corrected chi connectivity index (χ0v) is 14.4. The molecular formula is C17H22FN5O2. The van der Waals surface area contributed by atoms with Gasteiger partial charge in [-0.2, -0.15) is 0 Å². The first-order chi connectivity index (χ1) is 12.0. The maximum absolute atomic E-state index is 13.2. The first-order valence-electron chi connectivity index (χ1n) is 8.39. The van der Waals surface area contributed by atoms with E-state index in [9.17, 15) is 14.0 Å². The van der Waals surface area contributed by atoms with Crippen molar-refractivity contribution < 1.29 is 14.0 Å². The fourth-order valence-corrected chi connectivity index (χ4v) is 3.00. The number of likely N-dealkylation sites (N-methyl/N-ethyl adjacent to an activating group) is 1. The summed E-state index contributed by atoms with van der Waals surface area (Å²) in [5, 5.41) is 2.85. The van der Waals surface area contributed by atoms with Crippen molar-refractivity contribution in [2.24, 2.45) is 0 Å². The maximum atomic E-state index is 13.2. The number of imidazole rings is 1. The first kappa shape index (κ1) is 17.2. The molecule has 1 fully saturated rings. The summed E-state index contributed by atoms with van der Waals surface area (Å²) in [4.78, 5) is 34.8. The van der Waals surface area contributed by atoms with Crippen molar-refractivity contribution in [1.29, 1.82) is 0 Å². The largest absolute Gasteiger partial charge is 0.342 e. The number of urea groups is 1. The van der Waals surface area contributed by atoms with E-state index in [1.54, 1.807) is 29.8 Å². The number of hydrogen-bond donors (Lipinski definition) is 2. The molecule has 1 aromatic heterocycles. The highest BCUT2D eigenvalue weighted by atomic mass is 19.1. The van der Waals surface area contributed by atoms with Crippen molar-refractivity contribution in [2.75, 3.05) is 26.7 Å². The number of H-pyrrole nitrogens is 1. The van der Waals surface area contributed by atoms with Crippen molar-refractivity contribution in [3.8, 4) is 0 Å². The standard InChI is InChI=1S/C17H22FN5O2/c1-11-16(24)22(2)8-9-23(11)17(25)19-7-3-4-15-20-13-6-5-12(18)10-14(13)21-15/h5-6,10-11H,3-4,7-9H2,1-2H3,(H,19,25)(H,20,21)/t11-/m0/s1. The van der Waals surface area contributed by atoms with Crippen LogP contribution in [0.2, 0.25) is 0 Å². The van der Waals surface area contributed by atoms with Gasteiger partial charge >= 0.3 is 6.03 Å². The fraction of sp³-hybridized carbons (Fsp3) is 0.471. The second kappa shape index (κ2) is 7.08. The lowest BCUT2D eigenvalue weighted by atomic mass is 10.2. The number of rotatable bonds is 4. The molecule has 0 unspecified atom stereocenters. The number of nitrogens with zero attached hydrogens (tertiary/aromatic N) is 3. The van der Waals surface area contributed by atoms with Gasteiger partial charge in [0.05, 0.1) is 11.0 Å². The van der Waals surface area contributed by atoms with Crippen molar-refractivity contribution >= 4 is 23.0 Å². The van der Waals surface area contributed by atoms with Crippen molar-refractivity contribution in [3.63, 3.8) is 0 Å². The Morgan fingerprint density at radius 1 is 1.44 bits per heavy atom. The second-order valence-corrected chi connectivity index (χ2v) is 6.31. The summed E-state index contributed by atoms with van der Waals surface area (Å²) < 4.78 is 13.2. The molecule has 0 bridgehead atoms. The topological polar surface area (TPSA) is 81.3 Å². The van der Waals surface area contributed by atoms with Gasteiger partial charge in [0.15, 0.2) is 0 Å². The summed E-state index contributed by atoms with van der Waals surface area (Å²) >= 11 is 0. The average Bonchev–Trinajstić information content (AvgIpc) is 2.98. The Morgan fingerprint density at radius 2 is 2.24 bits per heavy atom. The highest BCUT2D eigenvalue weighted by molar-refractivity contribution is 5.87. The minimum absolute atomic E-state index is 0.0455. The average molecular weight is 347 g/mol. The lowest BCUT2D eigenvalue weighted by Gasteiger charge is -2.37. The Labute approximate surface area is 145 Å². The summed E-state index contributed by atoms with van der Waals surface area (Å²) in [5.41, 5.74) is 1.40. The number of carbonyl (C=O) groups excluding carboxylic acids is 2. The van der Waals surface area contributed by atoms with Crippen LogP contribution in [0.25, 0.3) is 11.0 Å². The molecule has 7 nitrogen and oxygen atoms in total. The van der Waals surface area contributed by atoms with Gasteiger partial charge in [0.25, 0.3) is 0 Å². The van der Waals surface area contributed by atoms with E-state index in [4.69, 9.17) is 0 Å². The van der Waals surface area contributed by atoms with Gasteiger partial charge < -0.3 is 20.1 Å². The lowest BCUT2D eigenvalue weighted by Crippen LogP contribution is -2.58. The molecule has 8 heteroatoms. The van der Waals surface area contributed by atoms with Gasteiger partial charge in [0, 0.05) is 33.1 Å². The predicted octanol–water partition coefficient (Wildman–Crippen LogP) is 1.51. The van der Waals surface area contributed by atoms with Crippen LogP contribution in [0.3, 0.4) is 0 Å². The number of carbonyl (C=O) groups is 2. The number of benzene rings is 1. The van der Waals surface area contributed by atoms with E-state index in [0.29, 0.717) is 38.0 Å². The molecule has 0 saturated carbocycles. The third kappa shape index (κ3) is 3.72. The van der Waals surface area contributed by atoms with Gasteiger partial charge in [-0.3, -0.25) is 4.79 Å². The van der Waals surface area contributed by atoms with Crippen LogP contribution < -0.4 is 5.32 Å². The van der Waals surface area contributed by atoms with Gasteiger partial charge in [-0.1, -0.05) is 0 Å². The van der Waals surface area contributed by atoms with E-state index >= 15 is 0 Å². The monoisotopic (exact) mass is 347 g/mol. The number of piperazine rings is 1. The Balaban J connectivity index is 1.47. The molecule has 0 spiro atoms. The van der Waals surface area contributed by atoms with E-state index in [0.717, 1.165) is 11.3 Å². The quantitative estimate of drug-likeness (QED) is 0.823. The maximum Gasteiger partial charge on any atom is 0.318 e. The molecule has 2 aromatic rings. The van der Waals surface area contributed by atoms with Crippen LogP contribution in [0.5, 0.6) is 0 Å². The first-order valence-corrected chi connectivity index (χ1v) is 8.39. The Bertz CT molecular complexity index is 790. The molecule has 3 rings (SSSR count). The molecule has 2 N–H and O–H groups in total. The van der Waals surface area contributed by atoms with Crippen LogP contribution in [0.1, 0.15) is 19.2 Å². The SMILES string of the molecule is C[C@H]1C(=O)N(C)CCN1C(=O)NCCCc1nc2ccc(F)cc2[nH]1. The van der Waals surface area contributed by atoms with E-state index in [1.807, 2.05) is 0 Å². The smallest absolute Gasteiger partial charge is 0.318 e. The molecule has 1 saturated heterocycles. The normalized spacial score (nSPS) is 18.0. The molecular weight excluding hydrogens is 325 g/mol. The molecule has 1 aromatic carbocycles. The Morgan fingerprint density at radius 3 is 3.04 bits per heavy atom. The van der Waals surface area contributed by atoms with Gasteiger partial charge in [-0.15, -0.1) is 0 Å². The lowest BCUT2D eigenvalue weighted by molar-refractivity contribution is -0.137. The zero-order chi connectivity index (χ0) is 18.0. The summed E-state index contributed by atoms with van der Waals surface area (Å²) in [6, 6.07) is 3.77. The Hall–Kier alpha value is -2.64. The van der Waals surface area contributed by atoms with Crippen LogP contribution in [0.15, 0.2) is 18.2 Å². The minimum Gasteiger partial charge on any atom is -0.342 e. The number of hydrogen-bond acceptors (Lipinski definition) is 3. The van der Waals surface area contributed by atoms with Crippen molar-refractivity contribution in [2.45, 2.75) is 25.8 Å². The molecule has 134 valence electrons. The third-order valence-electron chi connectivity index (χ3n) is 4.50. The summed E-state index contributed by atoms with van der Waals surface area (Å²) in [6.45, 7) is 3.30. The highest BCUT2D eigenvalue weighted by Crippen LogP contribution is 2.14. The zero-order valence-electron chi connectivity index (χ0n) is 14.4. The number of aromatic amines is 1. The fourth-order valence-electron chi connectivity index (χ4n) is 3.00. The molecule has 1 atom stereocenters.